The van der Waals surface area contributed by atoms with Crippen molar-refractivity contribution in [2.75, 3.05) is 7.11 Å². The summed E-state index contributed by atoms with van der Waals surface area (Å²) >= 11 is 0. The standard InChI is InChI=1S/C12H14N2O4/c1-8-13-14-11(18-8)7-17-12-9(6-15)4-3-5-10(12)16-2/h3-5,15H,6-7H2,1-2H3. The van der Waals surface area contributed by atoms with Gasteiger partial charge in [-0.1, -0.05) is 12.1 Å². The van der Waals surface area contributed by atoms with Crippen molar-refractivity contribution in [3.63, 3.8) is 0 Å². The molecule has 0 spiro atoms. The average Bonchev–Trinajstić information content (AvgIpc) is 2.81. The molecule has 0 aliphatic carbocycles. The fourth-order valence-electron chi connectivity index (χ4n) is 1.54. The maximum atomic E-state index is 9.25. The van der Waals surface area contributed by atoms with Gasteiger partial charge in [-0.3, -0.25) is 0 Å². The molecular formula is C12H14N2O4. The highest BCUT2D eigenvalue weighted by Gasteiger charge is 2.11. The van der Waals surface area contributed by atoms with Gasteiger partial charge in [0.1, 0.15) is 0 Å². The molecule has 1 aromatic carbocycles. The van der Waals surface area contributed by atoms with Gasteiger partial charge in [0, 0.05) is 12.5 Å². The van der Waals surface area contributed by atoms with E-state index in [0.717, 1.165) is 0 Å². The molecule has 0 bridgehead atoms. The van der Waals surface area contributed by atoms with Crippen molar-refractivity contribution in [1.82, 2.24) is 10.2 Å². The molecule has 6 heteroatoms. The lowest BCUT2D eigenvalue weighted by Gasteiger charge is -2.12. The molecule has 0 saturated heterocycles. The van der Waals surface area contributed by atoms with Gasteiger partial charge < -0.3 is 19.0 Å². The zero-order valence-electron chi connectivity index (χ0n) is 10.2. The van der Waals surface area contributed by atoms with Gasteiger partial charge in [-0.05, 0) is 6.07 Å². The number of nitrogens with zero attached hydrogens (tertiary/aromatic N) is 2. The third-order valence-corrected chi connectivity index (χ3v) is 2.36. The Morgan fingerprint density at radius 3 is 2.78 bits per heavy atom. The SMILES string of the molecule is COc1cccc(CO)c1OCc1nnc(C)o1. The first kappa shape index (κ1) is 12.4. The molecule has 0 saturated carbocycles. The molecule has 0 radical (unpaired) electrons. The number of rotatable bonds is 5. The van der Waals surface area contributed by atoms with Crippen LogP contribution in [-0.2, 0) is 13.2 Å². The van der Waals surface area contributed by atoms with Crippen LogP contribution in [0.15, 0.2) is 22.6 Å². The summed E-state index contributed by atoms with van der Waals surface area (Å²) in [5.41, 5.74) is 0.644. The molecule has 0 aliphatic rings. The first-order valence-electron chi connectivity index (χ1n) is 5.43. The molecule has 1 heterocycles. The fourth-order valence-corrected chi connectivity index (χ4v) is 1.54. The maximum Gasteiger partial charge on any atom is 0.253 e. The molecule has 0 unspecified atom stereocenters. The van der Waals surface area contributed by atoms with E-state index >= 15 is 0 Å². The van der Waals surface area contributed by atoms with Crippen LogP contribution in [0.5, 0.6) is 11.5 Å². The summed E-state index contributed by atoms with van der Waals surface area (Å²) in [5.74, 6) is 1.90. The number of benzene rings is 1. The van der Waals surface area contributed by atoms with Crippen molar-refractivity contribution in [1.29, 1.82) is 0 Å². The van der Waals surface area contributed by atoms with Crippen molar-refractivity contribution in [2.45, 2.75) is 20.1 Å². The number of para-hydroxylation sites is 1. The normalized spacial score (nSPS) is 10.4. The number of aliphatic hydroxyl groups is 1. The van der Waals surface area contributed by atoms with Gasteiger partial charge in [-0.2, -0.15) is 0 Å². The van der Waals surface area contributed by atoms with Crippen LogP contribution in [0.4, 0.5) is 0 Å². The number of aliphatic hydroxyl groups excluding tert-OH is 1. The minimum absolute atomic E-state index is 0.130. The number of ether oxygens (including phenoxy) is 2. The smallest absolute Gasteiger partial charge is 0.253 e. The second kappa shape index (κ2) is 5.50. The molecular weight excluding hydrogens is 236 g/mol. The van der Waals surface area contributed by atoms with Crippen LogP contribution in [-0.4, -0.2) is 22.4 Å². The number of aromatic nitrogens is 2. The molecule has 0 aliphatic heterocycles. The highest BCUT2D eigenvalue weighted by Crippen LogP contribution is 2.31. The Kier molecular flexibility index (Phi) is 3.78. The van der Waals surface area contributed by atoms with E-state index in [1.807, 2.05) is 0 Å². The molecule has 6 nitrogen and oxygen atoms in total. The third-order valence-electron chi connectivity index (χ3n) is 2.36. The largest absolute Gasteiger partial charge is 0.493 e. The predicted octanol–water partition coefficient (Wildman–Crippen LogP) is 1.46. The molecule has 1 N–H and O–H groups in total. The van der Waals surface area contributed by atoms with Crippen molar-refractivity contribution >= 4 is 0 Å². The van der Waals surface area contributed by atoms with Gasteiger partial charge in [0.2, 0.25) is 5.89 Å². The van der Waals surface area contributed by atoms with Crippen molar-refractivity contribution in [3.8, 4) is 11.5 Å². The number of methoxy groups -OCH3 is 1. The highest BCUT2D eigenvalue weighted by atomic mass is 16.5. The second-order valence-corrected chi connectivity index (χ2v) is 3.61. The zero-order valence-corrected chi connectivity index (χ0v) is 10.2. The first-order valence-corrected chi connectivity index (χ1v) is 5.43. The third kappa shape index (κ3) is 2.60. The summed E-state index contributed by atoms with van der Waals surface area (Å²) in [4.78, 5) is 0. The van der Waals surface area contributed by atoms with Crippen LogP contribution in [0.1, 0.15) is 17.3 Å². The van der Waals surface area contributed by atoms with E-state index < -0.39 is 0 Å². The number of hydrogen-bond acceptors (Lipinski definition) is 6. The van der Waals surface area contributed by atoms with Gasteiger partial charge in [0.05, 0.1) is 13.7 Å². The van der Waals surface area contributed by atoms with E-state index in [0.29, 0.717) is 28.8 Å². The summed E-state index contributed by atoms with van der Waals surface area (Å²) in [6.07, 6.45) is 0. The van der Waals surface area contributed by atoms with Gasteiger partial charge in [-0.25, -0.2) is 0 Å². The Balaban J connectivity index is 2.17. The average molecular weight is 250 g/mol. The van der Waals surface area contributed by atoms with Gasteiger partial charge in [0.25, 0.3) is 5.89 Å². The molecule has 96 valence electrons. The Morgan fingerprint density at radius 2 is 2.17 bits per heavy atom. The van der Waals surface area contributed by atoms with Crippen molar-refractivity contribution < 1.29 is 19.0 Å². The Labute approximate surface area is 104 Å². The molecule has 0 atom stereocenters. The van der Waals surface area contributed by atoms with E-state index in [2.05, 4.69) is 10.2 Å². The lowest BCUT2D eigenvalue weighted by atomic mass is 10.2. The zero-order chi connectivity index (χ0) is 13.0. The first-order chi connectivity index (χ1) is 8.74. The minimum Gasteiger partial charge on any atom is -0.493 e. The van der Waals surface area contributed by atoms with Gasteiger partial charge in [-0.15, -0.1) is 10.2 Å². The summed E-state index contributed by atoms with van der Waals surface area (Å²) < 4.78 is 15.9. The molecule has 1 aromatic heterocycles. The quantitative estimate of drug-likeness (QED) is 0.865. The maximum absolute atomic E-state index is 9.25. The molecule has 18 heavy (non-hydrogen) atoms. The molecule has 2 aromatic rings. The van der Waals surface area contributed by atoms with Gasteiger partial charge in [0.15, 0.2) is 18.1 Å². The number of hydrogen-bond donors (Lipinski definition) is 1. The van der Waals surface area contributed by atoms with Crippen LogP contribution in [0, 0.1) is 6.92 Å². The molecule has 0 amide bonds. The van der Waals surface area contributed by atoms with E-state index in [1.54, 1.807) is 32.2 Å². The van der Waals surface area contributed by atoms with E-state index in [9.17, 15) is 5.11 Å². The summed E-state index contributed by atoms with van der Waals surface area (Å²) in [6.45, 7) is 1.71. The van der Waals surface area contributed by atoms with Crippen molar-refractivity contribution in [3.05, 3.63) is 35.5 Å². The fraction of sp³-hybridized carbons (Fsp3) is 0.333. The minimum atomic E-state index is -0.130. The van der Waals surface area contributed by atoms with Crippen molar-refractivity contribution in [2.24, 2.45) is 0 Å². The Hall–Kier alpha value is -2.08. The van der Waals surface area contributed by atoms with Crippen LogP contribution in [0.25, 0.3) is 0 Å². The lowest BCUT2D eigenvalue weighted by molar-refractivity contribution is 0.230. The Morgan fingerprint density at radius 1 is 1.33 bits per heavy atom. The topological polar surface area (TPSA) is 77.6 Å². The summed E-state index contributed by atoms with van der Waals surface area (Å²) in [7, 11) is 1.54. The summed E-state index contributed by atoms with van der Waals surface area (Å²) in [5, 5.41) is 16.8. The van der Waals surface area contributed by atoms with Crippen LogP contribution < -0.4 is 9.47 Å². The second-order valence-electron chi connectivity index (χ2n) is 3.61. The van der Waals surface area contributed by atoms with E-state index in [4.69, 9.17) is 13.9 Å². The van der Waals surface area contributed by atoms with Crippen LogP contribution >= 0.6 is 0 Å². The Bertz CT molecular complexity index is 502. The van der Waals surface area contributed by atoms with E-state index in [1.165, 1.54) is 0 Å². The summed E-state index contributed by atoms with van der Waals surface area (Å²) in [6, 6.07) is 5.30. The monoisotopic (exact) mass is 250 g/mol. The van der Waals surface area contributed by atoms with Crippen LogP contribution in [0.2, 0.25) is 0 Å². The molecule has 2 rings (SSSR count). The highest BCUT2D eigenvalue weighted by molar-refractivity contribution is 5.46. The van der Waals surface area contributed by atoms with Gasteiger partial charge >= 0.3 is 0 Å². The van der Waals surface area contributed by atoms with E-state index in [-0.39, 0.29) is 13.2 Å². The number of aryl methyl sites for hydroxylation is 1. The lowest BCUT2D eigenvalue weighted by Crippen LogP contribution is -2.01. The molecule has 0 fully saturated rings. The van der Waals surface area contributed by atoms with Crippen LogP contribution in [0.3, 0.4) is 0 Å². The predicted molar refractivity (Wildman–Crippen MR) is 62.3 cm³/mol.